The van der Waals surface area contributed by atoms with E-state index >= 15 is 0 Å². The largest absolute Gasteiger partial charge is 0.480 e. The van der Waals surface area contributed by atoms with Gasteiger partial charge in [-0.1, -0.05) is 108 Å². The normalized spacial score (nSPS) is 12.4. The Morgan fingerprint density at radius 1 is 0.413 bits per heavy atom. The Labute approximate surface area is 283 Å². The zero-order valence-electron chi connectivity index (χ0n) is 25.9. The van der Waals surface area contributed by atoms with Gasteiger partial charge in [0, 0.05) is 42.7 Å². The van der Waals surface area contributed by atoms with Crippen LogP contribution in [0.25, 0.3) is 32.7 Å². The summed E-state index contributed by atoms with van der Waals surface area (Å²) in [5, 5.41) is 4.04. The summed E-state index contributed by atoms with van der Waals surface area (Å²) in [4.78, 5) is 0. The maximum atomic E-state index is 6.50. The van der Waals surface area contributed by atoms with Crippen LogP contribution in [0.4, 0.5) is 0 Å². The standard InChI is InChI=1S/C38H34Cl2O4P2/c1-37(2,41-33-23-21-31(39)25-13-5-7-15-27(25)33)45-43-35-19-11-9-17-29(35)30-18-10-12-20-36(30)44-46-38(3,4)42-34-24-22-32(40)26-14-6-8-16-28(26)34/h5-24,45-46H,1-4H3. The summed E-state index contributed by atoms with van der Waals surface area (Å²) in [6.07, 6.45) is 0. The SMILES string of the molecule is CC(C)(Oc1ccc(Cl)c2ccccc12)POc1ccccc1-c1ccccc1OPC(C)(C)Oc1ccc(Cl)c2ccccc12. The quantitative estimate of drug-likeness (QED) is 0.127. The van der Waals surface area contributed by atoms with Crippen LogP contribution in [0.3, 0.4) is 0 Å². The summed E-state index contributed by atoms with van der Waals surface area (Å²) < 4.78 is 26.0. The third-order valence-corrected chi connectivity index (χ3v) is 9.76. The monoisotopic (exact) mass is 686 g/mol. The summed E-state index contributed by atoms with van der Waals surface area (Å²) in [5.41, 5.74) is 1.87. The molecular weight excluding hydrogens is 653 g/mol. The topological polar surface area (TPSA) is 36.9 Å². The molecule has 0 aliphatic carbocycles. The van der Waals surface area contributed by atoms with Crippen molar-refractivity contribution in [3.63, 3.8) is 0 Å². The molecular formula is C38H34Cl2O4P2. The Morgan fingerprint density at radius 2 is 0.761 bits per heavy atom. The Balaban J connectivity index is 1.18. The van der Waals surface area contributed by atoms with Crippen molar-refractivity contribution >= 4 is 62.4 Å². The number of ether oxygens (including phenoxy) is 2. The van der Waals surface area contributed by atoms with Crippen molar-refractivity contribution in [1.82, 2.24) is 0 Å². The molecule has 46 heavy (non-hydrogen) atoms. The van der Waals surface area contributed by atoms with E-state index in [1.165, 1.54) is 0 Å². The molecule has 8 heteroatoms. The molecule has 0 bridgehead atoms. The number of benzene rings is 6. The maximum Gasteiger partial charge on any atom is 0.155 e. The van der Waals surface area contributed by atoms with Crippen molar-refractivity contribution in [3.8, 4) is 34.1 Å². The molecule has 2 atom stereocenters. The van der Waals surface area contributed by atoms with Crippen LogP contribution in [0.2, 0.25) is 10.0 Å². The van der Waals surface area contributed by atoms with Crippen LogP contribution >= 0.6 is 40.8 Å². The van der Waals surface area contributed by atoms with Gasteiger partial charge in [-0.2, -0.15) is 0 Å². The Bertz CT molecular complexity index is 1870. The molecule has 0 saturated heterocycles. The molecule has 0 N–H and O–H groups in total. The highest BCUT2D eigenvalue weighted by molar-refractivity contribution is 7.34. The molecule has 6 rings (SSSR count). The molecule has 0 radical (unpaired) electrons. The molecule has 2 unspecified atom stereocenters. The minimum Gasteiger partial charge on any atom is -0.480 e. The van der Waals surface area contributed by atoms with Gasteiger partial charge in [-0.25, -0.2) is 0 Å². The summed E-state index contributed by atoms with van der Waals surface area (Å²) in [7, 11) is 0.0222. The van der Waals surface area contributed by atoms with Gasteiger partial charge in [0.2, 0.25) is 0 Å². The van der Waals surface area contributed by atoms with Crippen molar-refractivity contribution in [2.45, 2.75) is 38.4 Å². The van der Waals surface area contributed by atoms with E-state index in [1.807, 2.05) is 149 Å². The van der Waals surface area contributed by atoms with Crippen LogP contribution in [0.5, 0.6) is 23.0 Å². The lowest BCUT2D eigenvalue weighted by Crippen LogP contribution is -2.23. The highest BCUT2D eigenvalue weighted by atomic mass is 35.5. The molecule has 0 aliphatic heterocycles. The molecule has 0 amide bonds. The predicted molar refractivity (Wildman–Crippen MR) is 197 cm³/mol. The Hall–Kier alpha value is -3.52. The highest BCUT2D eigenvalue weighted by Crippen LogP contribution is 2.46. The fraction of sp³-hybridized carbons (Fsp3) is 0.158. The molecule has 6 aromatic carbocycles. The summed E-state index contributed by atoms with van der Waals surface area (Å²) >= 11 is 12.9. The molecule has 0 aromatic heterocycles. The van der Waals surface area contributed by atoms with Gasteiger partial charge in [0.05, 0.1) is 0 Å². The van der Waals surface area contributed by atoms with E-state index in [0.717, 1.165) is 55.7 Å². The molecule has 6 aromatic rings. The number of para-hydroxylation sites is 2. The van der Waals surface area contributed by atoms with E-state index in [0.29, 0.717) is 10.0 Å². The van der Waals surface area contributed by atoms with Crippen LogP contribution < -0.4 is 18.5 Å². The zero-order chi connectivity index (χ0) is 32.3. The van der Waals surface area contributed by atoms with Gasteiger partial charge in [0.15, 0.2) is 10.7 Å². The first-order valence-electron chi connectivity index (χ1n) is 14.9. The summed E-state index contributed by atoms with van der Waals surface area (Å²) in [6, 6.07) is 39.6. The van der Waals surface area contributed by atoms with Crippen molar-refractivity contribution in [3.05, 3.63) is 131 Å². The van der Waals surface area contributed by atoms with E-state index in [9.17, 15) is 0 Å². The molecule has 4 nitrogen and oxygen atoms in total. The van der Waals surface area contributed by atoms with Gasteiger partial charge in [0.25, 0.3) is 0 Å². The van der Waals surface area contributed by atoms with Crippen molar-refractivity contribution < 1.29 is 18.5 Å². The second kappa shape index (κ2) is 13.7. The van der Waals surface area contributed by atoms with Crippen molar-refractivity contribution in [2.24, 2.45) is 0 Å². The van der Waals surface area contributed by atoms with E-state index in [1.54, 1.807) is 0 Å². The van der Waals surface area contributed by atoms with Gasteiger partial charge >= 0.3 is 0 Å². The maximum absolute atomic E-state index is 6.50. The lowest BCUT2D eigenvalue weighted by atomic mass is 10.0. The summed E-state index contributed by atoms with van der Waals surface area (Å²) in [5.74, 6) is 3.04. The number of halogens is 2. The highest BCUT2D eigenvalue weighted by Gasteiger charge is 2.26. The lowest BCUT2D eigenvalue weighted by Gasteiger charge is -2.28. The molecule has 234 valence electrons. The van der Waals surface area contributed by atoms with E-state index in [4.69, 9.17) is 41.7 Å². The number of rotatable bonds is 11. The van der Waals surface area contributed by atoms with Crippen molar-refractivity contribution in [1.29, 1.82) is 0 Å². The molecule has 0 heterocycles. The van der Waals surface area contributed by atoms with Gasteiger partial charge in [-0.15, -0.1) is 0 Å². The second-order valence-corrected chi connectivity index (χ2v) is 15.8. The van der Waals surface area contributed by atoms with Gasteiger partial charge in [-0.05, 0) is 64.1 Å². The first-order valence-corrected chi connectivity index (χ1v) is 17.5. The first-order chi connectivity index (χ1) is 22.1. The van der Waals surface area contributed by atoms with E-state index in [2.05, 4.69) is 0 Å². The van der Waals surface area contributed by atoms with E-state index in [-0.39, 0.29) is 17.6 Å². The molecule has 0 fully saturated rings. The number of hydrogen-bond donors (Lipinski definition) is 0. The van der Waals surface area contributed by atoms with Crippen LogP contribution in [-0.2, 0) is 0 Å². The van der Waals surface area contributed by atoms with Crippen LogP contribution in [0.15, 0.2) is 121 Å². The lowest BCUT2D eigenvalue weighted by molar-refractivity contribution is 0.197. The fourth-order valence-electron chi connectivity index (χ4n) is 5.15. The van der Waals surface area contributed by atoms with Crippen LogP contribution in [0, 0.1) is 0 Å². The van der Waals surface area contributed by atoms with Gasteiger partial charge < -0.3 is 18.5 Å². The van der Waals surface area contributed by atoms with Gasteiger partial charge in [-0.3, -0.25) is 0 Å². The minimum absolute atomic E-state index is 0.0111. The minimum atomic E-state index is -0.603. The average Bonchev–Trinajstić information content (AvgIpc) is 3.06. The smallest absolute Gasteiger partial charge is 0.155 e. The molecule has 0 aliphatic rings. The third-order valence-electron chi connectivity index (χ3n) is 7.27. The molecule has 0 saturated carbocycles. The zero-order valence-corrected chi connectivity index (χ0v) is 29.4. The first kappa shape index (κ1) is 32.4. The number of fused-ring (bicyclic) bond motifs is 2. The van der Waals surface area contributed by atoms with Gasteiger partial charge in [0.1, 0.15) is 40.6 Å². The number of hydrogen-bond acceptors (Lipinski definition) is 4. The predicted octanol–water partition coefficient (Wildman–Crippen LogP) is 12.5. The van der Waals surface area contributed by atoms with Crippen LogP contribution in [0.1, 0.15) is 27.7 Å². The van der Waals surface area contributed by atoms with E-state index < -0.39 is 10.7 Å². The molecule has 0 spiro atoms. The second-order valence-electron chi connectivity index (χ2n) is 11.8. The van der Waals surface area contributed by atoms with Crippen molar-refractivity contribution in [2.75, 3.05) is 0 Å². The Morgan fingerprint density at radius 3 is 1.17 bits per heavy atom. The Kier molecular flexibility index (Phi) is 9.64. The summed E-state index contributed by atoms with van der Waals surface area (Å²) in [6.45, 7) is 8.12. The fourth-order valence-corrected chi connectivity index (χ4v) is 6.98. The average molecular weight is 688 g/mol. The third kappa shape index (κ3) is 7.38. The van der Waals surface area contributed by atoms with Crippen LogP contribution in [-0.4, -0.2) is 10.7 Å².